The van der Waals surface area contributed by atoms with Gasteiger partial charge in [-0.2, -0.15) is 0 Å². The molecule has 2 aromatic rings. The first-order valence-corrected chi connectivity index (χ1v) is 6.71. The van der Waals surface area contributed by atoms with Crippen LogP contribution in [-0.2, 0) is 6.42 Å². The molecule has 1 unspecified atom stereocenters. The Morgan fingerprint density at radius 2 is 1.78 bits per heavy atom. The molecule has 0 aromatic heterocycles. The lowest BCUT2D eigenvalue weighted by atomic mass is 10.0. The fourth-order valence-corrected chi connectivity index (χ4v) is 2.83. The first-order chi connectivity index (χ1) is 8.65. The predicted molar refractivity (Wildman–Crippen MR) is 77.7 cm³/mol. The largest absolute Gasteiger partial charge is 0.377 e. The van der Waals surface area contributed by atoms with E-state index in [9.17, 15) is 0 Å². The van der Waals surface area contributed by atoms with Gasteiger partial charge in [0.25, 0.3) is 0 Å². The van der Waals surface area contributed by atoms with Crippen molar-refractivity contribution in [3.63, 3.8) is 0 Å². The number of hydrogen-bond acceptors (Lipinski definition) is 1. The van der Waals surface area contributed by atoms with Gasteiger partial charge in [0.2, 0.25) is 0 Å². The summed E-state index contributed by atoms with van der Waals surface area (Å²) >= 11 is 12.2. The van der Waals surface area contributed by atoms with E-state index >= 15 is 0 Å². The van der Waals surface area contributed by atoms with Gasteiger partial charge in [0.15, 0.2) is 0 Å². The highest BCUT2D eigenvalue weighted by atomic mass is 35.5. The lowest BCUT2D eigenvalue weighted by Gasteiger charge is -2.12. The Bertz CT molecular complexity index is 559. The number of anilines is 1. The number of halogens is 2. The average molecular weight is 278 g/mol. The first kappa shape index (κ1) is 11.9. The SMILES string of the molecule is Cc1ccc(Cl)c2c1NC(c1ccc(Cl)cc1)C2. The molecule has 3 rings (SSSR count). The fraction of sp³-hybridized carbons (Fsp3) is 0.200. The van der Waals surface area contributed by atoms with Gasteiger partial charge in [-0.25, -0.2) is 0 Å². The second-order valence-corrected chi connectivity index (χ2v) is 5.51. The summed E-state index contributed by atoms with van der Waals surface area (Å²) in [5.41, 5.74) is 4.89. The Labute approximate surface area is 117 Å². The Morgan fingerprint density at radius 3 is 2.44 bits per heavy atom. The van der Waals surface area contributed by atoms with Crippen LogP contribution in [0.3, 0.4) is 0 Å². The van der Waals surface area contributed by atoms with Crippen LogP contribution in [0.5, 0.6) is 0 Å². The number of rotatable bonds is 1. The van der Waals surface area contributed by atoms with Crippen molar-refractivity contribution in [1.29, 1.82) is 0 Å². The van der Waals surface area contributed by atoms with E-state index in [1.807, 2.05) is 18.2 Å². The van der Waals surface area contributed by atoms with Crippen molar-refractivity contribution in [2.45, 2.75) is 19.4 Å². The maximum absolute atomic E-state index is 6.26. The van der Waals surface area contributed by atoms with Crippen LogP contribution in [0.15, 0.2) is 36.4 Å². The highest BCUT2D eigenvalue weighted by Gasteiger charge is 2.25. The van der Waals surface area contributed by atoms with Crippen LogP contribution in [-0.4, -0.2) is 0 Å². The molecule has 0 saturated carbocycles. The van der Waals surface area contributed by atoms with Crippen LogP contribution in [0.25, 0.3) is 0 Å². The Hall–Kier alpha value is -1.18. The van der Waals surface area contributed by atoms with Gasteiger partial charge >= 0.3 is 0 Å². The van der Waals surface area contributed by atoms with Crippen molar-refractivity contribution in [3.8, 4) is 0 Å². The molecule has 0 aliphatic carbocycles. The molecule has 2 aromatic carbocycles. The number of benzene rings is 2. The molecule has 1 N–H and O–H groups in total. The molecule has 1 nitrogen and oxygen atoms in total. The topological polar surface area (TPSA) is 12.0 Å². The lowest BCUT2D eigenvalue weighted by Crippen LogP contribution is -2.05. The molecule has 1 aliphatic rings. The van der Waals surface area contributed by atoms with Crippen LogP contribution in [0, 0.1) is 6.92 Å². The third-order valence-corrected chi connectivity index (χ3v) is 4.07. The van der Waals surface area contributed by atoms with Crippen LogP contribution >= 0.6 is 23.2 Å². The van der Waals surface area contributed by atoms with Gasteiger partial charge < -0.3 is 5.32 Å². The van der Waals surface area contributed by atoms with Crippen molar-refractivity contribution in [3.05, 3.63) is 63.1 Å². The third-order valence-electron chi connectivity index (χ3n) is 3.46. The molecule has 92 valence electrons. The molecule has 0 fully saturated rings. The molecule has 1 aliphatic heterocycles. The second kappa shape index (κ2) is 4.49. The summed E-state index contributed by atoms with van der Waals surface area (Å²) in [6.45, 7) is 2.10. The van der Waals surface area contributed by atoms with Gasteiger partial charge in [0.05, 0.1) is 6.04 Å². The maximum atomic E-state index is 6.26. The first-order valence-electron chi connectivity index (χ1n) is 5.95. The Kier molecular flexibility index (Phi) is 2.96. The zero-order valence-corrected chi connectivity index (χ0v) is 11.5. The lowest BCUT2D eigenvalue weighted by molar-refractivity contribution is 0.824. The summed E-state index contributed by atoms with van der Waals surface area (Å²) in [5, 5.41) is 5.17. The molecule has 0 amide bonds. The van der Waals surface area contributed by atoms with Gasteiger partial charge in [0.1, 0.15) is 0 Å². The van der Waals surface area contributed by atoms with Crippen molar-refractivity contribution < 1.29 is 0 Å². The van der Waals surface area contributed by atoms with Gasteiger partial charge in [-0.15, -0.1) is 0 Å². The van der Waals surface area contributed by atoms with E-state index in [-0.39, 0.29) is 6.04 Å². The van der Waals surface area contributed by atoms with Crippen LogP contribution in [0.4, 0.5) is 5.69 Å². The van der Waals surface area contributed by atoms with Gasteiger partial charge in [-0.3, -0.25) is 0 Å². The van der Waals surface area contributed by atoms with Crippen molar-refractivity contribution >= 4 is 28.9 Å². The van der Waals surface area contributed by atoms with Gasteiger partial charge in [-0.05, 0) is 41.8 Å². The molecule has 3 heteroatoms. The van der Waals surface area contributed by atoms with E-state index in [0.29, 0.717) is 0 Å². The molecular weight excluding hydrogens is 265 g/mol. The summed E-state index contributed by atoms with van der Waals surface area (Å²) < 4.78 is 0. The van der Waals surface area contributed by atoms with Crippen molar-refractivity contribution in [2.75, 3.05) is 5.32 Å². The van der Waals surface area contributed by atoms with Crippen LogP contribution in [0.1, 0.15) is 22.7 Å². The summed E-state index contributed by atoms with van der Waals surface area (Å²) in [6, 6.07) is 12.3. The van der Waals surface area contributed by atoms with E-state index in [1.165, 1.54) is 22.4 Å². The van der Waals surface area contributed by atoms with Crippen molar-refractivity contribution in [2.24, 2.45) is 0 Å². The molecule has 0 spiro atoms. The minimum absolute atomic E-state index is 0.288. The fourth-order valence-electron chi connectivity index (χ4n) is 2.47. The third kappa shape index (κ3) is 1.98. The smallest absolute Gasteiger partial charge is 0.0555 e. The molecule has 1 heterocycles. The summed E-state index contributed by atoms with van der Waals surface area (Å²) in [5.74, 6) is 0. The van der Waals surface area contributed by atoms with Crippen LogP contribution < -0.4 is 5.32 Å². The van der Waals surface area contributed by atoms with E-state index in [2.05, 4.69) is 30.4 Å². The van der Waals surface area contributed by atoms with Gasteiger partial charge in [-0.1, -0.05) is 41.4 Å². The highest BCUT2D eigenvalue weighted by Crippen LogP contribution is 2.40. The van der Waals surface area contributed by atoms with Gasteiger partial charge in [0, 0.05) is 22.2 Å². The Morgan fingerprint density at radius 1 is 1.06 bits per heavy atom. The van der Waals surface area contributed by atoms with E-state index in [1.54, 1.807) is 0 Å². The zero-order valence-electron chi connectivity index (χ0n) is 10.0. The molecule has 0 saturated heterocycles. The molecule has 18 heavy (non-hydrogen) atoms. The maximum Gasteiger partial charge on any atom is 0.0555 e. The summed E-state index contributed by atoms with van der Waals surface area (Å²) in [6.07, 6.45) is 0.928. The quantitative estimate of drug-likeness (QED) is 0.773. The average Bonchev–Trinajstić information content (AvgIpc) is 2.81. The summed E-state index contributed by atoms with van der Waals surface area (Å²) in [7, 11) is 0. The minimum Gasteiger partial charge on any atom is -0.377 e. The monoisotopic (exact) mass is 277 g/mol. The molecular formula is C15H13Cl2N. The van der Waals surface area contributed by atoms with Crippen LogP contribution in [0.2, 0.25) is 10.0 Å². The summed E-state index contributed by atoms with van der Waals surface area (Å²) in [4.78, 5) is 0. The zero-order chi connectivity index (χ0) is 12.7. The highest BCUT2D eigenvalue weighted by molar-refractivity contribution is 6.32. The standard InChI is InChI=1S/C15H13Cl2N/c1-9-2-7-13(17)12-8-14(18-15(9)12)10-3-5-11(16)6-4-10/h2-7,14,18H,8H2,1H3. The number of aryl methyl sites for hydroxylation is 1. The Balaban J connectivity index is 1.95. The number of nitrogens with one attached hydrogen (secondary N) is 1. The molecule has 1 atom stereocenters. The number of hydrogen-bond donors (Lipinski definition) is 1. The number of fused-ring (bicyclic) bond motifs is 1. The van der Waals surface area contributed by atoms with Crippen molar-refractivity contribution in [1.82, 2.24) is 0 Å². The van der Waals surface area contributed by atoms with E-state index in [0.717, 1.165) is 16.5 Å². The minimum atomic E-state index is 0.288. The molecule has 0 radical (unpaired) electrons. The molecule has 0 bridgehead atoms. The second-order valence-electron chi connectivity index (χ2n) is 4.67. The normalized spacial score (nSPS) is 17.4. The van der Waals surface area contributed by atoms with E-state index in [4.69, 9.17) is 23.2 Å². The predicted octanol–water partition coefficient (Wildman–Crippen LogP) is 5.01. The van der Waals surface area contributed by atoms with E-state index < -0.39 is 0 Å².